The van der Waals surface area contributed by atoms with Gasteiger partial charge in [-0.05, 0) is 37.8 Å². The van der Waals surface area contributed by atoms with Gasteiger partial charge in [0.1, 0.15) is 0 Å². The van der Waals surface area contributed by atoms with Crippen molar-refractivity contribution in [2.24, 2.45) is 0 Å². The van der Waals surface area contributed by atoms with Crippen LogP contribution in [0.1, 0.15) is 40.5 Å². The van der Waals surface area contributed by atoms with E-state index in [1.165, 1.54) is 12.5 Å². The summed E-state index contributed by atoms with van der Waals surface area (Å²) in [6.07, 6.45) is 3.86. The van der Waals surface area contributed by atoms with Crippen LogP contribution in [-0.4, -0.2) is 6.16 Å². The normalized spacial score (nSPS) is 12.6. The van der Waals surface area contributed by atoms with E-state index in [9.17, 15) is 4.79 Å². The molecule has 0 aromatic carbocycles. The Morgan fingerprint density at radius 2 is 1.36 bits per heavy atom. The summed E-state index contributed by atoms with van der Waals surface area (Å²) in [7, 11) is 0. The lowest BCUT2D eigenvalue weighted by atomic mass is 10.3. The second-order valence-corrected chi connectivity index (χ2v) is 3.12. The minimum absolute atomic E-state index is 0.689. The number of carbonyl (C=O) groups is 1. The maximum atomic E-state index is 11.0. The molecule has 0 aliphatic carbocycles. The van der Waals surface area contributed by atoms with Gasteiger partial charge in [-0.3, -0.25) is 0 Å². The molecule has 0 fully saturated rings. The first-order valence-electron chi connectivity index (χ1n) is 4.78. The van der Waals surface area contributed by atoms with Gasteiger partial charge in [0, 0.05) is 0 Å². The lowest BCUT2D eigenvalue weighted by Crippen LogP contribution is -1.99. The van der Waals surface area contributed by atoms with Crippen LogP contribution in [0.3, 0.4) is 0 Å². The van der Waals surface area contributed by atoms with Crippen molar-refractivity contribution in [3.8, 4) is 0 Å². The van der Waals surface area contributed by atoms with E-state index in [-0.39, 0.29) is 0 Å². The van der Waals surface area contributed by atoms with Crippen molar-refractivity contribution in [2.45, 2.75) is 40.5 Å². The van der Waals surface area contributed by atoms with Gasteiger partial charge in [-0.1, -0.05) is 13.8 Å². The van der Waals surface area contributed by atoms with E-state index in [4.69, 9.17) is 9.47 Å². The largest absolute Gasteiger partial charge is 0.518 e. The van der Waals surface area contributed by atoms with Crippen LogP contribution in [0.5, 0.6) is 0 Å². The van der Waals surface area contributed by atoms with Gasteiger partial charge < -0.3 is 9.47 Å². The summed E-state index contributed by atoms with van der Waals surface area (Å²) >= 11 is 0. The summed E-state index contributed by atoms with van der Waals surface area (Å²) in [5.74, 6) is 0. The molecule has 0 atom stereocenters. The Morgan fingerprint density at radius 3 is 1.64 bits per heavy atom. The fraction of sp³-hybridized carbons (Fsp3) is 0.545. The van der Waals surface area contributed by atoms with Gasteiger partial charge in [-0.25, -0.2) is 4.79 Å². The average molecular weight is 198 g/mol. The van der Waals surface area contributed by atoms with E-state index in [1.807, 2.05) is 27.7 Å². The van der Waals surface area contributed by atoms with Crippen LogP contribution in [0.15, 0.2) is 23.7 Å². The van der Waals surface area contributed by atoms with E-state index in [2.05, 4.69) is 0 Å². The van der Waals surface area contributed by atoms with Gasteiger partial charge in [0.15, 0.2) is 0 Å². The number of allylic oxidation sites excluding steroid dienone is 2. The second kappa shape index (κ2) is 7.18. The summed E-state index contributed by atoms with van der Waals surface area (Å²) in [6.45, 7) is 7.75. The summed E-state index contributed by atoms with van der Waals surface area (Å²) in [5, 5.41) is 0. The zero-order chi connectivity index (χ0) is 11.0. The highest BCUT2D eigenvalue weighted by atomic mass is 16.7. The smallest absolute Gasteiger partial charge is 0.403 e. The SMILES string of the molecule is CCC(C)=COC(=O)OC=C(C)CC. The van der Waals surface area contributed by atoms with Gasteiger partial charge >= 0.3 is 6.16 Å². The van der Waals surface area contributed by atoms with Crippen LogP contribution in [0.2, 0.25) is 0 Å². The molecule has 0 heterocycles. The van der Waals surface area contributed by atoms with Gasteiger partial charge in [0.05, 0.1) is 12.5 Å². The predicted molar refractivity (Wildman–Crippen MR) is 55.7 cm³/mol. The fourth-order valence-electron chi connectivity index (χ4n) is 0.492. The first kappa shape index (κ1) is 12.8. The molecule has 80 valence electrons. The number of rotatable bonds is 4. The highest BCUT2D eigenvalue weighted by Crippen LogP contribution is 2.01. The van der Waals surface area contributed by atoms with Crippen molar-refractivity contribution in [3.05, 3.63) is 23.7 Å². The molecular weight excluding hydrogens is 180 g/mol. The highest BCUT2D eigenvalue weighted by molar-refractivity contribution is 5.61. The molecule has 14 heavy (non-hydrogen) atoms. The molecule has 0 rings (SSSR count). The Hall–Kier alpha value is -1.25. The van der Waals surface area contributed by atoms with E-state index in [0.717, 1.165) is 24.0 Å². The first-order chi connectivity index (χ1) is 6.60. The maximum Gasteiger partial charge on any atom is 0.518 e. The molecular formula is C11H18O3. The topological polar surface area (TPSA) is 35.5 Å². The molecule has 0 spiro atoms. The van der Waals surface area contributed by atoms with E-state index >= 15 is 0 Å². The zero-order valence-corrected chi connectivity index (χ0v) is 9.29. The summed E-state index contributed by atoms with van der Waals surface area (Å²) < 4.78 is 9.44. The standard InChI is InChI=1S/C11H18O3/c1-5-9(3)7-13-11(12)14-8-10(4)6-2/h7-8H,5-6H2,1-4H3. The number of hydrogen-bond donors (Lipinski definition) is 0. The zero-order valence-electron chi connectivity index (χ0n) is 9.29. The van der Waals surface area contributed by atoms with E-state index in [0.29, 0.717) is 0 Å². The third-order valence-electron chi connectivity index (χ3n) is 1.83. The molecule has 3 heteroatoms. The molecule has 0 bridgehead atoms. The van der Waals surface area contributed by atoms with Crippen molar-refractivity contribution < 1.29 is 14.3 Å². The van der Waals surface area contributed by atoms with Crippen LogP contribution in [0, 0.1) is 0 Å². The van der Waals surface area contributed by atoms with Crippen molar-refractivity contribution in [1.29, 1.82) is 0 Å². The minimum atomic E-state index is -0.689. The van der Waals surface area contributed by atoms with E-state index in [1.54, 1.807) is 0 Å². The van der Waals surface area contributed by atoms with Crippen LogP contribution in [-0.2, 0) is 9.47 Å². The van der Waals surface area contributed by atoms with Crippen molar-refractivity contribution in [2.75, 3.05) is 0 Å². The Bertz CT molecular complexity index is 215. The summed E-state index contributed by atoms with van der Waals surface area (Å²) in [4.78, 5) is 11.0. The monoisotopic (exact) mass is 198 g/mol. The Balaban J connectivity index is 3.88. The van der Waals surface area contributed by atoms with Gasteiger partial charge in [-0.15, -0.1) is 0 Å². The Kier molecular flexibility index (Phi) is 6.54. The van der Waals surface area contributed by atoms with Crippen molar-refractivity contribution >= 4 is 6.16 Å². The molecule has 3 nitrogen and oxygen atoms in total. The number of carbonyl (C=O) groups excluding carboxylic acids is 1. The molecule has 0 saturated carbocycles. The molecule has 0 aliphatic heterocycles. The van der Waals surface area contributed by atoms with Crippen LogP contribution in [0.25, 0.3) is 0 Å². The van der Waals surface area contributed by atoms with E-state index < -0.39 is 6.16 Å². The number of hydrogen-bond acceptors (Lipinski definition) is 3. The van der Waals surface area contributed by atoms with Crippen molar-refractivity contribution in [1.82, 2.24) is 0 Å². The van der Waals surface area contributed by atoms with Crippen LogP contribution in [0.4, 0.5) is 4.79 Å². The second-order valence-electron chi connectivity index (χ2n) is 3.12. The summed E-state index contributed by atoms with van der Waals surface area (Å²) in [5.41, 5.74) is 2.00. The predicted octanol–water partition coefficient (Wildman–Crippen LogP) is 3.77. The molecule has 0 aromatic rings. The summed E-state index contributed by atoms with van der Waals surface area (Å²) in [6, 6.07) is 0. The molecule has 0 unspecified atom stereocenters. The molecule has 0 N–H and O–H groups in total. The lowest BCUT2D eigenvalue weighted by molar-refractivity contribution is 0.118. The lowest BCUT2D eigenvalue weighted by Gasteiger charge is -2.00. The number of ether oxygens (including phenoxy) is 2. The Morgan fingerprint density at radius 1 is 1.00 bits per heavy atom. The quantitative estimate of drug-likeness (QED) is 0.509. The fourth-order valence-corrected chi connectivity index (χ4v) is 0.492. The van der Waals surface area contributed by atoms with Crippen LogP contribution >= 0.6 is 0 Å². The van der Waals surface area contributed by atoms with Gasteiger partial charge in [-0.2, -0.15) is 0 Å². The third kappa shape index (κ3) is 6.29. The first-order valence-corrected chi connectivity index (χ1v) is 4.78. The molecule has 0 aliphatic rings. The molecule has 0 aromatic heterocycles. The minimum Gasteiger partial charge on any atom is -0.403 e. The van der Waals surface area contributed by atoms with Crippen LogP contribution < -0.4 is 0 Å². The van der Waals surface area contributed by atoms with Gasteiger partial charge in [0.25, 0.3) is 0 Å². The highest BCUT2D eigenvalue weighted by Gasteiger charge is 1.99. The van der Waals surface area contributed by atoms with Gasteiger partial charge in [0.2, 0.25) is 0 Å². The third-order valence-corrected chi connectivity index (χ3v) is 1.83. The maximum absolute atomic E-state index is 11.0. The molecule has 0 radical (unpaired) electrons. The Labute approximate surface area is 85.4 Å². The average Bonchev–Trinajstić information content (AvgIpc) is 2.22. The van der Waals surface area contributed by atoms with Crippen molar-refractivity contribution in [3.63, 3.8) is 0 Å². The molecule has 0 saturated heterocycles. The molecule has 0 amide bonds.